The molecule has 1 atom stereocenters. The Morgan fingerprint density at radius 1 is 0.889 bits per heavy atom. The molecule has 1 aromatic heterocycles. The fraction of sp³-hybridized carbons (Fsp3) is 0.455. The second kappa shape index (κ2) is 14.6. The molecule has 1 heterocycles. The molecule has 0 bridgehead atoms. The topological polar surface area (TPSA) is 39.4 Å². The molecule has 1 aromatic carbocycles. The van der Waals surface area contributed by atoms with E-state index in [0.29, 0.717) is 6.61 Å². The van der Waals surface area contributed by atoms with Crippen LogP contribution in [-0.4, -0.2) is 19.7 Å². The van der Waals surface area contributed by atoms with Crippen LogP contribution in [0.25, 0.3) is 0 Å². The minimum absolute atomic E-state index is 0. The highest BCUT2D eigenvalue weighted by atomic mass is 127. The van der Waals surface area contributed by atoms with E-state index in [4.69, 9.17) is 9.47 Å². The van der Waals surface area contributed by atoms with Gasteiger partial charge in [0.05, 0.1) is 6.61 Å². The smallest absolute Gasteiger partial charge is 0.339 e. The highest BCUT2D eigenvalue weighted by Gasteiger charge is 2.21. The predicted octanol–water partition coefficient (Wildman–Crippen LogP) is 1.25. The Morgan fingerprint density at radius 2 is 1.48 bits per heavy atom. The van der Waals surface area contributed by atoms with Crippen molar-refractivity contribution in [3.05, 3.63) is 66.5 Å². The van der Waals surface area contributed by atoms with E-state index in [1.165, 1.54) is 32.8 Å². The Bertz CT molecular complexity index is 622. The van der Waals surface area contributed by atoms with Gasteiger partial charge in [-0.3, -0.25) is 0 Å². The monoisotopic (exact) mass is 483 g/mol. The number of carbonyl (C=O) groups is 1. The molecule has 0 saturated carbocycles. The standard InChI is InChI=1S/C22H30NO3.HI/c1-25-21(20-14-8-6-9-15-20)22(24)26-19-13-5-3-2-4-10-16-23-17-11-7-12-18-23;/h6-9,11-12,14-15,17-18,21H,2-5,10,13,16,19H2,1H3;1H/q+1;/p-1/t21-;/m0./s1. The maximum Gasteiger partial charge on any atom is 0.339 e. The van der Waals surface area contributed by atoms with E-state index in [0.717, 1.165) is 24.9 Å². The number of rotatable bonds is 12. The SMILES string of the molecule is CO[C@H](C(=O)OCCCCCCCC[n+]1ccccc1)c1ccccc1.[I-]. The van der Waals surface area contributed by atoms with Crippen LogP contribution >= 0.6 is 0 Å². The normalized spacial score (nSPS) is 11.4. The molecule has 2 aromatic rings. The molecule has 0 N–H and O–H groups in total. The van der Waals surface area contributed by atoms with E-state index in [1.807, 2.05) is 36.4 Å². The largest absolute Gasteiger partial charge is 1.00 e. The van der Waals surface area contributed by atoms with Gasteiger partial charge >= 0.3 is 5.97 Å². The minimum Gasteiger partial charge on any atom is -1.00 e. The van der Waals surface area contributed by atoms with Crippen molar-refractivity contribution in [2.75, 3.05) is 13.7 Å². The molecule has 0 unspecified atom stereocenters. The molecule has 148 valence electrons. The third-order valence-corrected chi connectivity index (χ3v) is 4.38. The van der Waals surface area contributed by atoms with Gasteiger partial charge in [0.15, 0.2) is 18.5 Å². The van der Waals surface area contributed by atoms with Gasteiger partial charge in [0.2, 0.25) is 0 Å². The molecule has 5 heteroatoms. The lowest BCUT2D eigenvalue weighted by molar-refractivity contribution is -0.697. The summed E-state index contributed by atoms with van der Waals surface area (Å²) in [6.07, 6.45) is 10.4. The summed E-state index contributed by atoms with van der Waals surface area (Å²) in [5, 5.41) is 0. The number of pyridine rings is 1. The Labute approximate surface area is 179 Å². The van der Waals surface area contributed by atoms with Gasteiger partial charge in [0, 0.05) is 25.7 Å². The zero-order valence-corrected chi connectivity index (χ0v) is 18.2. The number of hydrogen-bond acceptors (Lipinski definition) is 3. The van der Waals surface area contributed by atoms with Crippen molar-refractivity contribution in [1.29, 1.82) is 0 Å². The lowest BCUT2D eigenvalue weighted by atomic mass is 10.1. The molecule has 0 amide bonds. The van der Waals surface area contributed by atoms with Gasteiger partial charge in [0.25, 0.3) is 0 Å². The number of carbonyl (C=O) groups excluding carboxylic acids is 1. The minimum atomic E-state index is -0.633. The summed E-state index contributed by atoms with van der Waals surface area (Å²) in [5.74, 6) is -0.307. The van der Waals surface area contributed by atoms with Gasteiger partial charge in [-0.15, -0.1) is 0 Å². The van der Waals surface area contributed by atoms with E-state index in [-0.39, 0.29) is 29.9 Å². The number of esters is 1. The van der Waals surface area contributed by atoms with Crippen molar-refractivity contribution in [3.8, 4) is 0 Å². The van der Waals surface area contributed by atoms with Crippen LogP contribution in [0.4, 0.5) is 0 Å². The number of ether oxygens (including phenoxy) is 2. The van der Waals surface area contributed by atoms with Crippen molar-refractivity contribution < 1.29 is 42.8 Å². The molecular formula is C22H30INO3. The van der Waals surface area contributed by atoms with Gasteiger partial charge in [-0.1, -0.05) is 55.7 Å². The average Bonchev–Trinajstić information content (AvgIpc) is 2.69. The summed E-state index contributed by atoms with van der Waals surface area (Å²) in [6, 6.07) is 15.6. The Morgan fingerprint density at radius 3 is 2.15 bits per heavy atom. The number of nitrogens with zero attached hydrogens (tertiary/aromatic N) is 1. The number of aryl methyl sites for hydroxylation is 1. The summed E-state index contributed by atoms with van der Waals surface area (Å²) in [4.78, 5) is 12.1. The lowest BCUT2D eigenvalue weighted by Gasteiger charge is -2.14. The van der Waals surface area contributed by atoms with Crippen LogP contribution in [0.2, 0.25) is 0 Å². The predicted molar refractivity (Wildman–Crippen MR) is 101 cm³/mol. The first-order valence-corrected chi connectivity index (χ1v) is 9.49. The van der Waals surface area contributed by atoms with Gasteiger partial charge < -0.3 is 33.5 Å². The summed E-state index contributed by atoms with van der Waals surface area (Å²) in [5.41, 5.74) is 0.830. The summed E-state index contributed by atoms with van der Waals surface area (Å²) in [6.45, 7) is 1.54. The summed E-state index contributed by atoms with van der Waals surface area (Å²) >= 11 is 0. The molecule has 0 saturated heterocycles. The summed E-state index contributed by atoms with van der Waals surface area (Å²) in [7, 11) is 1.53. The molecule has 0 aliphatic rings. The van der Waals surface area contributed by atoms with Crippen LogP contribution in [0.3, 0.4) is 0 Å². The first-order valence-electron chi connectivity index (χ1n) is 9.49. The number of aromatic nitrogens is 1. The Hall–Kier alpha value is -1.47. The van der Waals surface area contributed by atoms with Crippen LogP contribution < -0.4 is 28.5 Å². The maximum absolute atomic E-state index is 12.1. The number of benzene rings is 1. The maximum atomic E-state index is 12.1. The van der Waals surface area contributed by atoms with E-state index in [9.17, 15) is 4.79 Å². The highest BCUT2D eigenvalue weighted by Crippen LogP contribution is 2.18. The first kappa shape index (κ1) is 23.6. The number of hydrogen-bond donors (Lipinski definition) is 0. The number of unbranched alkanes of at least 4 members (excludes halogenated alkanes) is 5. The van der Waals surface area contributed by atoms with Crippen LogP contribution in [0, 0.1) is 0 Å². The van der Waals surface area contributed by atoms with Gasteiger partial charge in [-0.25, -0.2) is 9.36 Å². The zero-order valence-electron chi connectivity index (χ0n) is 16.1. The highest BCUT2D eigenvalue weighted by molar-refractivity contribution is 5.76. The van der Waals surface area contributed by atoms with E-state index < -0.39 is 6.10 Å². The van der Waals surface area contributed by atoms with Crippen molar-refractivity contribution in [2.45, 2.75) is 51.2 Å². The van der Waals surface area contributed by atoms with E-state index in [1.54, 1.807) is 0 Å². The Kier molecular flexibility index (Phi) is 12.7. The van der Waals surface area contributed by atoms with E-state index >= 15 is 0 Å². The van der Waals surface area contributed by atoms with Gasteiger partial charge in [-0.05, 0) is 18.4 Å². The molecular weight excluding hydrogens is 453 g/mol. The molecule has 0 fully saturated rings. The zero-order chi connectivity index (χ0) is 18.5. The number of methoxy groups -OCH3 is 1. The fourth-order valence-corrected chi connectivity index (χ4v) is 2.93. The molecule has 27 heavy (non-hydrogen) atoms. The van der Waals surface area contributed by atoms with E-state index in [2.05, 4.69) is 29.1 Å². The van der Waals surface area contributed by atoms with Crippen molar-refractivity contribution >= 4 is 5.97 Å². The van der Waals surface area contributed by atoms with Gasteiger partial charge in [-0.2, -0.15) is 0 Å². The Balaban J connectivity index is 0.00000364. The number of halogens is 1. The van der Waals surface area contributed by atoms with Crippen LogP contribution in [0.15, 0.2) is 60.9 Å². The summed E-state index contributed by atoms with van der Waals surface area (Å²) < 4.78 is 12.9. The van der Waals surface area contributed by atoms with Crippen LogP contribution in [0.5, 0.6) is 0 Å². The van der Waals surface area contributed by atoms with Crippen molar-refractivity contribution in [2.24, 2.45) is 0 Å². The third kappa shape index (κ3) is 9.33. The van der Waals surface area contributed by atoms with Crippen molar-refractivity contribution in [3.63, 3.8) is 0 Å². The third-order valence-electron chi connectivity index (χ3n) is 4.38. The molecule has 0 radical (unpaired) electrons. The first-order chi connectivity index (χ1) is 12.8. The second-order valence-electron chi connectivity index (χ2n) is 6.43. The fourth-order valence-electron chi connectivity index (χ4n) is 2.93. The average molecular weight is 483 g/mol. The lowest BCUT2D eigenvalue weighted by Crippen LogP contribution is -3.00. The van der Waals surface area contributed by atoms with Crippen LogP contribution in [0.1, 0.15) is 50.2 Å². The molecule has 0 aliphatic carbocycles. The molecule has 4 nitrogen and oxygen atoms in total. The molecule has 0 aliphatic heterocycles. The quantitative estimate of drug-likeness (QED) is 0.198. The van der Waals surface area contributed by atoms with Crippen LogP contribution in [-0.2, 0) is 20.8 Å². The van der Waals surface area contributed by atoms with Crippen molar-refractivity contribution in [1.82, 2.24) is 0 Å². The molecule has 0 spiro atoms. The van der Waals surface area contributed by atoms with Gasteiger partial charge in [0.1, 0.15) is 6.54 Å². The molecule has 2 rings (SSSR count). The second-order valence-corrected chi connectivity index (χ2v) is 6.43.